The lowest BCUT2D eigenvalue weighted by molar-refractivity contribution is 0.187. The lowest BCUT2D eigenvalue weighted by atomic mass is 10.0. The van der Waals surface area contributed by atoms with Crippen LogP contribution >= 0.6 is 23.2 Å². The maximum Gasteiger partial charge on any atom is 0.288 e. The van der Waals surface area contributed by atoms with Crippen LogP contribution < -0.4 is 10.3 Å². The van der Waals surface area contributed by atoms with E-state index in [1.807, 2.05) is 19.1 Å². The van der Waals surface area contributed by atoms with Gasteiger partial charge in [-0.15, -0.1) is 0 Å². The molecular formula is C17H19Cl2N3O2. The highest BCUT2D eigenvalue weighted by molar-refractivity contribution is 6.41. The van der Waals surface area contributed by atoms with E-state index in [0.717, 1.165) is 25.1 Å². The Kier molecular flexibility index (Phi) is 5.43. The molecule has 7 heteroatoms. The fraction of sp³-hybridized carbons (Fsp3) is 0.412. The van der Waals surface area contributed by atoms with E-state index in [-0.39, 0.29) is 21.6 Å². The quantitative estimate of drug-likeness (QED) is 0.807. The van der Waals surface area contributed by atoms with Crippen LogP contribution in [0.5, 0.6) is 5.75 Å². The zero-order valence-electron chi connectivity index (χ0n) is 13.4. The van der Waals surface area contributed by atoms with Gasteiger partial charge in [-0.05, 0) is 37.5 Å². The summed E-state index contributed by atoms with van der Waals surface area (Å²) in [4.78, 5) is 14.4. The van der Waals surface area contributed by atoms with Crippen molar-refractivity contribution in [2.24, 2.45) is 0 Å². The Labute approximate surface area is 150 Å². The molecule has 0 N–H and O–H groups in total. The minimum absolute atomic E-state index is 0.0171. The number of nitrogens with zero attached hydrogens (tertiary/aromatic N) is 3. The summed E-state index contributed by atoms with van der Waals surface area (Å²) in [6.07, 6.45) is 3.53. The first-order chi connectivity index (χ1) is 11.6. The van der Waals surface area contributed by atoms with Crippen LogP contribution in [0.3, 0.4) is 0 Å². The predicted molar refractivity (Wildman–Crippen MR) is 94.8 cm³/mol. The van der Waals surface area contributed by atoms with E-state index in [0.29, 0.717) is 13.3 Å². The molecule has 2 aromatic rings. The summed E-state index contributed by atoms with van der Waals surface area (Å²) < 4.78 is 6.85. The summed E-state index contributed by atoms with van der Waals surface area (Å²) in [5.41, 5.74) is 0.852. The summed E-state index contributed by atoms with van der Waals surface area (Å²) in [6, 6.07) is 8.39. The first-order valence-corrected chi connectivity index (χ1v) is 8.73. The minimum Gasteiger partial charge on any atom is -0.494 e. The van der Waals surface area contributed by atoms with Crippen molar-refractivity contribution in [2.75, 3.05) is 13.2 Å². The molecule has 0 saturated carbocycles. The molecule has 2 heterocycles. The van der Waals surface area contributed by atoms with Crippen molar-refractivity contribution >= 4 is 23.2 Å². The van der Waals surface area contributed by atoms with Crippen molar-refractivity contribution in [3.63, 3.8) is 0 Å². The molecule has 1 fully saturated rings. The number of hydrogen-bond donors (Lipinski definition) is 0. The van der Waals surface area contributed by atoms with E-state index in [1.54, 1.807) is 0 Å². The monoisotopic (exact) mass is 367 g/mol. The highest BCUT2D eigenvalue weighted by atomic mass is 35.5. The summed E-state index contributed by atoms with van der Waals surface area (Å²) >= 11 is 11.8. The second-order valence-corrected chi connectivity index (χ2v) is 6.51. The largest absolute Gasteiger partial charge is 0.494 e. The van der Waals surface area contributed by atoms with Crippen molar-refractivity contribution in [3.05, 3.63) is 56.4 Å². The highest BCUT2D eigenvalue weighted by Crippen LogP contribution is 2.33. The summed E-state index contributed by atoms with van der Waals surface area (Å²) in [7, 11) is 0. The van der Waals surface area contributed by atoms with Crippen molar-refractivity contribution in [1.82, 2.24) is 14.7 Å². The topological polar surface area (TPSA) is 47.4 Å². The van der Waals surface area contributed by atoms with Gasteiger partial charge in [0, 0.05) is 12.6 Å². The van der Waals surface area contributed by atoms with Crippen LogP contribution in [0, 0.1) is 0 Å². The lowest BCUT2D eigenvalue weighted by Crippen LogP contribution is -2.33. The number of aromatic nitrogens is 2. The number of likely N-dealkylation sites (tertiary alicyclic amines) is 1. The number of halogens is 2. The van der Waals surface area contributed by atoms with Gasteiger partial charge in [-0.1, -0.05) is 35.3 Å². The van der Waals surface area contributed by atoms with Crippen LogP contribution in [0.1, 0.15) is 31.4 Å². The Hall–Kier alpha value is -1.56. The number of benzene rings is 1. The van der Waals surface area contributed by atoms with Gasteiger partial charge in [0.15, 0.2) is 0 Å². The van der Waals surface area contributed by atoms with Crippen molar-refractivity contribution in [2.45, 2.75) is 32.5 Å². The number of hydrogen-bond acceptors (Lipinski definition) is 4. The Morgan fingerprint density at radius 3 is 2.75 bits per heavy atom. The normalized spacial score (nSPS) is 18.0. The van der Waals surface area contributed by atoms with Crippen molar-refractivity contribution in [1.29, 1.82) is 0 Å². The van der Waals surface area contributed by atoms with Gasteiger partial charge in [0.25, 0.3) is 5.56 Å². The smallest absolute Gasteiger partial charge is 0.288 e. The van der Waals surface area contributed by atoms with Crippen LogP contribution in [-0.4, -0.2) is 27.8 Å². The molecule has 1 aromatic carbocycles. The van der Waals surface area contributed by atoms with Crippen LogP contribution in [0.25, 0.3) is 0 Å². The molecule has 0 spiro atoms. The first-order valence-electron chi connectivity index (χ1n) is 7.98. The second kappa shape index (κ2) is 7.55. The minimum atomic E-state index is -0.360. The molecule has 1 unspecified atom stereocenters. The van der Waals surface area contributed by atoms with Crippen molar-refractivity contribution in [3.8, 4) is 5.75 Å². The van der Waals surface area contributed by atoms with Gasteiger partial charge in [0.1, 0.15) is 10.8 Å². The average molecular weight is 368 g/mol. The van der Waals surface area contributed by atoms with Gasteiger partial charge < -0.3 is 4.74 Å². The Morgan fingerprint density at radius 1 is 1.29 bits per heavy atom. The van der Waals surface area contributed by atoms with Gasteiger partial charge in [-0.3, -0.25) is 9.69 Å². The van der Waals surface area contributed by atoms with E-state index in [2.05, 4.69) is 22.1 Å². The van der Waals surface area contributed by atoms with E-state index < -0.39 is 0 Å². The number of ether oxygens (including phenoxy) is 1. The molecule has 128 valence electrons. The molecule has 3 rings (SSSR count). The van der Waals surface area contributed by atoms with Gasteiger partial charge in [0.2, 0.25) is 0 Å². The lowest BCUT2D eigenvalue weighted by Gasteiger charge is -2.25. The maximum atomic E-state index is 12.2. The standard InChI is InChI=1S/C17H19Cl2N3O2/c1-2-24-13-7-5-12(6-8-13)15-4-3-9-21(15)11-22-17(23)16(19)14(18)10-20-22/h5-8,10,15H,2-4,9,11H2,1H3. The number of rotatable bonds is 5. The van der Waals surface area contributed by atoms with Crippen LogP contribution in [0.2, 0.25) is 10.0 Å². The average Bonchev–Trinajstić information content (AvgIpc) is 3.05. The zero-order valence-corrected chi connectivity index (χ0v) is 14.9. The first kappa shape index (κ1) is 17.3. The zero-order chi connectivity index (χ0) is 17.1. The van der Waals surface area contributed by atoms with Crippen LogP contribution in [0.15, 0.2) is 35.3 Å². The fourth-order valence-electron chi connectivity index (χ4n) is 3.04. The molecule has 1 aliphatic rings. The van der Waals surface area contributed by atoms with Gasteiger partial charge in [-0.2, -0.15) is 5.10 Å². The molecule has 1 aromatic heterocycles. The van der Waals surface area contributed by atoms with Crippen LogP contribution in [-0.2, 0) is 6.67 Å². The molecular weight excluding hydrogens is 349 g/mol. The Bertz CT molecular complexity index is 761. The summed E-state index contributed by atoms with van der Waals surface area (Å²) in [5, 5.41) is 4.29. The van der Waals surface area contributed by atoms with Gasteiger partial charge >= 0.3 is 0 Å². The van der Waals surface area contributed by atoms with Gasteiger partial charge in [-0.25, -0.2) is 4.68 Å². The highest BCUT2D eigenvalue weighted by Gasteiger charge is 2.27. The Morgan fingerprint density at radius 2 is 2.04 bits per heavy atom. The molecule has 0 radical (unpaired) electrons. The SMILES string of the molecule is CCOc1ccc(C2CCCN2Cn2ncc(Cl)c(Cl)c2=O)cc1. The Balaban J connectivity index is 1.78. The molecule has 1 saturated heterocycles. The third kappa shape index (κ3) is 3.58. The molecule has 0 aliphatic carbocycles. The molecule has 1 atom stereocenters. The molecule has 1 aliphatic heterocycles. The summed E-state index contributed by atoms with van der Waals surface area (Å²) in [5.74, 6) is 0.869. The third-order valence-corrected chi connectivity index (χ3v) is 4.95. The van der Waals surface area contributed by atoms with Crippen molar-refractivity contribution < 1.29 is 4.74 Å². The van der Waals surface area contributed by atoms with E-state index >= 15 is 0 Å². The van der Waals surface area contributed by atoms with E-state index in [4.69, 9.17) is 27.9 Å². The third-order valence-electron chi connectivity index (χ3n) is 4.20. The van der Waals surface area contributed by atoms with E-state index in [1.165, 1.54) is 16.4 Å². The fourth-order valence-corrected chi connectivity index (χ4v) is 3.31. The molecule has 0 amide bonds. The molecule has 0 bridgehead atoms. The van der Waals surface area contributed by atoms with Crippen LogP contribution in [0.4, 0.5) is 0 Å². The van der Waals surface area contributed by atoms with E-state index in [9.17, 15) is 4.79 Å². The molecule has 24 heavy (non-hydrogen) atoms. The summed E-state index contributed by atoms with van der Waals surface area (Å²) in [6.45, 7) is 3.93. The maximum absolute atomic E-state index is 12.2. The molecule has 5 nitrogen and oxygen atoms in total. The predicted octanol–water partition coefficient (Wildman–Crippen LogP) is 3.74. The van der Waals surface area contributed by atoms with Gasteiger partial charge in [0.05, 0.1) is 24.5 Å². The second-order valence-electron chi connectivity index (χ2n) is 5.73.